The number of nitrogens with one attached hydrogen (secondary N) is 2. The monoisotopic (exact) mass is 345 g/mol. The number of carboxylic acid groups (broad SMARTS) is 1. The molecule has 19 heavy (non-hydrogen) atoms. The molecule has 0 amide bonds. The number of carbonyl (C=O) groups is 1. The van der Waals surface area contributed by atoms with Crippen LogP contribution in [0, 0.1) is 0 Å². The molecular weight excluding hydrogens is 338 g/mol. The minimum absolute atomic E-state index is 0.0308. The third kappa shape index (κ3) is 3.12. The van der Waals surface area contributed by atoms with E-state index in [1.54, 1.807) is 0 Å². The lowest BCUT2D eigenvalue weighted by atomic mass is 10.2. The number of carboxylic acids is 1. The van der Waals surface area contributed by atoms with Gasteiger partial charge in [0, 0.05) is 4.47 Å². The number of sulfonamides is 1. The van der Waals surface area contributed by atoms with Gasteiger partial charge in [0.15, 0.2) is 5.03 Å². The second-order valence-electron chi connectivity index (χ2n) is 3.56. The van der Waals surface area contributed by atoms with Gasteiger partial charge in [0.2, 0.25) is 0 Å². The Morgan fingerprint density at radius 3 is 2.68 bits per heavy atom. The number of halogens is 1. The highest BCUT2D eigenvalue weighted by Gasteiger charge is 2.16. The van der Waals surface area contributed by atoms with E-state index in [9.17, 15) is 13.2 Å². The molecule has 0 unspecified atom stereocenters. The van der Waals surface area contributed by atoms with Crippen molar-refractivity contribution in [3.63, 3.8) is 0 Å². The first-order valence-electron chi connectivity index (χ1n) is 4.94. The zero-order valence-corrected chi connectivity index (χ0v) is 11.7. The second-order valence-corrected chi connectivity index (χ2v) is 6.13. The molecule has 2 rings (SSSR count). The van der Waals surface area contributed by atoms with E-state index in [-0.39, 0.29) is 16.3 Å². The summed E-state index contributed by atoms with van der Waals surface area (Å²) in [7, 11) is -3.81. The Morgan fingerprint density at radius 2 is 2.11 bits per heavy atom. The van der Waals surface area contributed by atoms with Crippen LogP contribution in [0.25, 0.3) is 0 Å². The maximum Gasteiger partial charge on any atom is 0.335 e. The number of aromatic amines is 1. The van der Waals surface area contributed by atoms with Gasteiger partial charge in [-0.25, -0.2) is 4.79 Å². The van der Waals surface area contributed by atoms with E-state index in [1.807, 2.05) is 0 Å². The molecule has 1 heterocycles. The summed E-state index contributed by atoms with van der Waals surface area (Å²) < 4.78 is 26.5. The number of aromatic carboxylic acids is 1. The summed E-state index contributed by atoms with van der Waals surface area (Å²) in [5.41, 5.74) is 0.109. The lowest BCUT2D eigenvalue weighted by molar-refractivity contribution is 0.0697. The van der Waals surface area contributed by atoms with Gasteiger partial charge in [0.05, 0.1) is 17.4 Å². The molecule has 0 aliphatic carbocycles. The number of hydrogen-bond acceptors (Lipinski definition) is 4. The summed E-state index contributed by atoms with van der Waals surface area (Å²) in [5.74, 6) is -1.15. The largest absolute Gasteiger partial charge is 0.478 e. The highest BCUT2D eigenvalue weighted by molar-refractivity contribution is 9.10. The van der Waals surface area contributed by atoms with E-state index in [2.05, 4.69) is 30.8 Å². The molecule has 0 bridgehead atoms. The van der Waals surface area contributed by atoms with Crippen molar-refractivity contribution in [3.05, 3.63) is 40.5 Å². The molecule has 0 saturated heterocycles. The van der Waals surface area contributed by atoms with E-state index in [0.29, 0.717) is 4.47 Å². The van der Waals surface area contributed by atoms with Crippen molar-refractivity contribution in [3.8, 4) is 0 Å². The number of H-pyrrole nitrogens is 1. The molecule has 1 aromatic heterocycles. The molecule has 0 fully saturated rings. The Labute approximate surface area is 116 Å². The zero-order valence-electron chi connectivity index (χ0n) is 9.29. The summed E-state index contributed by atoms with van der Waals surface area (Å²) in [6.45, 7) is 0. The molecule has 2 aromatic rings. The summed E-state index contributed by atoms with van der Waals surface area (Å²) in [6, 6.07) is 5.34. The van der Waals surface area contributed by atoms with Crippen LogP contribution in [0.5, 0.6) is 0 Å². The third-order valence-electron chi connectivity index (χ3n) is 2.16. The van der Waals surface area contributed by atoms with E-state index in [0.717, 1.165) is 0 Å². The Morgan fingerprint density at radius 1 is 1.37 bits per heavy atom. The molecule has 0 radical (unpaired) electrons. The highest BCUT2D eigenvalue weighted by Crippen LogP contribution is 2.22. The minimum atomic E-state index is -3.81. The van der Waals surface area contributed by atoms with Crippen molar-refractivity contribution in [2.75, 3.05) is 4.72 Å². The van der Waals surface area contributed by atoms with Gasteiger partial charge in [-0.15, -0.1) is 0 Å². The number of benzene rings is 1. The molecule has 9 heteroatoms. The van der Waals surface area contributed by atoms with Crippen LogP contribution in [0.1, 0.15) is 10.4 Å². The number of rotatable bonds is 4. The van der Waals surface area contributed by atoms with Crippen LogP contribution >= 0.6 is 15.9 Å². The van der Waals surface area contributed by atoms with Gasteiger partial charge in [-0.3, -0.25) is 9.82 Å². The molecule has 1 aromatic carbocycles. The van der Waals surface area contributed by atoms with Gasteiger partial charge in [0.1, 0.15) is 0 Å². The van der Waals surface area contributed by atoms with Crippen LogP contribution in [0.3, 0.4) is 0 Å². The van der Waals surface area contributed by atoms with Crippen molar-refractivity contribution in [1.82, 2.24) is 10.2 Å². The van der Waals surface area contributed by atoms with Crippen LogP contribution in [0.2, 0.25) is 0 Å². The van der Waals surface area contributed by atoms with Crippen LogP contribution in [0.15, 0.2) is 40.0 Å². The SMILES string of the molecule is O=C(O)c1cc(Br)cc(NS(=O)(=O)c2ccn[nH]2)c1. The van der Waals surface area contributed by atoms with Gasteiger partial charge in [-0.1, -0.05) is 15.9 Å². The number of nitrogens with zero attached hydrogens (tertiary/aromatic N) is 1. The molecule has 3 N–H and O–H groups in total. The predicted octanol–water partition coefficient (Wildman–Crippen LogP) is 1.67. The van der Waals surface area contributed by atoms with Gasteiger partial charge in [0.25, 0.3) is 10.0 Å². The molecule has 0 aliphatic rings. The maximum atomic E-state index is 11.9. The first-order chi connectivity index (χ1) is 8.88. The average molecular weight is 346 g/mol. The first-order valence-corrected chi connectivity index (χ1v) is 7.22. The number of aromatic nitrogens is 2. The average Bonchev–Trinajstić information content (AvgIpc) is 2.81. The van der Waals surface area contributed by atoms with Gasteiger partial charge < -0.3 is 5.11 Å². The number of anilines is 1. The zero-order chi connectivity index (χ0) is 14.0. The first kappa shape index (κ1) is 13.6. The molecular formula is C10H8BrN3O4S. The summed E-state index contributed by atoms with van der Waals surface area (Å²) in [5, 5.41) is 14.7. The summed E-state index contributed by atoms with van der Waals surface area (Å²) in [6.07, 6.45) is 1.30. The smallest absolute Gasteiger partial charge is 0.335 e. The van der Waals surface area contributed by atoms with Crippen molar-refractivity contribution in [2.45, 2.75) is 5.03 Å². The van der Waals surface area contributed by atoms with Crippen LogP contribution in [-0.4, -0.2) is 29.7 Å². The van der Waals surface area contributed by atoms with Crippen molar-refractivity contribution in [2.24, 2.45) is 0 Å². The van der Waals surface area contributed by atoms with Crippen molar-refractivity contribution in [1.29, 1.82) is 0 Å². The van der Waals surface area contributed by atoms with E-state index < -0.39 is 16.0 Å². The lowest BCUT2D eigenvalue weighted by Gasteiger charge is -2.07. The Hall–Kier alpha value is -1.87. The summed E-state index contributed by atoms with van der Waals surface area (Å²) >= 11 is 3.12. The van der Waals surface area contributed by atoms with E-state index >= 15 is 0 Å². The standard InChI is InChI=1S/C10H8BrN3O4S/c11-7-3-6(10(15)16)4-8(5-7)14-19(17,18)9-1-2-12-13-9/h1-5,14H,(H,12,13)(H,15,16). The molecule has 7 nitrogen and oxygen atoms in total. The Bertz CT molecular complexity index is 712. The summed E-state index contributed by atoms with van der Waals surface area (Å²) in [4.78, 5) is 10.9. The number of hydrogen-bond donors (Lipinski definition) is 3. The fraction of sp³-hybridized carbons (Fsp3) is 0. The molecule has 0 spiro atoms. The van der Waals surface area contributed by atoms with Crippen LogP contribution in [-0.2, 0) is 10.0 Å². The van der Waals surface area contributed by atoms with Crippen LogP contribution in [0.4, 0.5) is 5.69 Å². The Balaban J connectivity index is 2.37. The quantitative estimate of drug-likeness (QED) is 0.780. The fourth-order valence-corrected chi connectivity index (χ4v) is 2.82. The maximum absolute atomic E-state index is 11.9. The fourth-order valence-electron chi connectivity index (χ4n) is 1.37. The van der Waals surface area contributed by atoms with E-state index in [1.165, 1.54) is 30.5 Å². The predicted molar refractivity (Wildman–Crippen MR) is 70.5 cm³/mol. The van der Waals surface area contributed by atoms with Gasteiger partial charge in [-0.05, 0) is 24.3 Å². The molecule has 0 saturated carbocycles. The van der Waals surface area contributed by atoms with Crippen molar-refractivity contribution >= 4 is 37.6 Å². The highest BCUT2D eigenvalue weighted by atomic mass is 79.9. The molecule has 100 valence electrons. The van der Waals surface area contributed by atoms with Gasteiger partial charge >= 0.3 is 5.97 Å². The molecule has 0 aliphatic heterocycles. The minimum Gasteiger partial charge on any atom is -0.478 e. The normalized spacial score (nSPS) is 11.2. The third-order valence-corrected chi connectivity index (χ3v) is 3.93. The van der Waals surface area contributed by atoms with Crippen molar-refractivity contribution < 1.29 is 18.3 Å². The topological polar surface area (TPSA) is 112 Å². The second kappa shape index (κ2) is 5.02. The molecule has 0 atom stereocenters. The van der Waals surface area contributed by atoms with Gasteiger partial charge in [-0.2, -0.15) is 13.5 Å². The van der Waals surface area contributed by atoms with Crippen LogP contribution < -0.4 is 4.72 Å². The Kier molecular flexibility index (Phi) is 3.58. The van der Waals surface area contributed by atoms with E-state index in [4.69, 9.17) is 5.11 Å². The lowest BCUT2D eigenvalue weighted by Crippen LogP contribution is -2.14.